The summed E-state index contributed by atoms with van der Waals surface area (Å²) in [5.74, 6) is 3.15. The van der Waals surface area contributed by atoms with Gasteiger partial charge in [-0.15, -0.1) is 0 Å². The SMILES string of the molecule is c1ccc2c(c1)CCNC2CC1CC2CCC1C2. The lowest BCUT2D eigenvalue weighted by atomic mass is 9.81. The molecule has 4 atom stereocenters. The highest BCUT2D eigenvalue weighted by Gasteiger charge is 2.40. The molecule has 1 aliphatic heterocycles. The van der Waals surface area contributed by atoms with Crippen molar-refractivity contribution in [3.05, 3.63) is 35.4 Å². The van der Waals surface area contributed by atoms with Crippen LogP contribution >= 0.6 is 0 Å². The second-order valence-electron chi connectivity index (χ2n) is 6.63. The molecular weight excluding hydrogens is 218 g/mol. The van der Waals surface area contributed by atoms with Crippen molar-refractivity contribution >= 4 is 0 Å². The smallest absolute Gasteiger partial charge is 0.0325 e. The van der Waals surface area contributed by atoms with Crippen LogP contribution in [-0.2, 0) is 6.42 Å². The number of benzene rings is 1. The summed E-state index contributed by atoms with van der Waals surface area (Å²) in [7, 11) is 0. The van der Waals surface area contributed by atoms with Crippen molar-refractivity contribution in [1.82, 2.24) is 5.32 Å². The van der Waals surface area contributed by atoms with Crippen LogP contribution in [0.25, 0.3) is 0 Å². The number of rotatable bonds is 2. The summed E-state index contributed by atoms with van der Waals surface area (Å²) in [5, 5.41) is 3.76. The Hall–Kier alpha value is -0.820. The molecule has 2 aliphatic carbocycles. The minimum Gasteiger partial charge on any atom is -0.310 e. The molecule has 1 aromatic carbocycles. The van der Waals surface area contributed by atoms with Crippen molar-refractivity contribution in [2.24, 2.45) is 17.8 Å². The number of hydrogen-bond donors (Lipinski definition) is 1. The van der Waals surface area contributed by atoms with E-state index in [9.17, 15) is 0 Å². The first-order valence-electron chi connectivity index (χ1n) is 7.71. The van der Waals surface area contributed by atoms with Crippen LogP contribution in [0.2, 0.25) is 0 Å². The minimum atomic E-state index is 0.638. The second kappa shape index (κ2) is 4.38. The monoisotopic (exact) mass is 241 g/mol. The van der Waals surface area contributed by atoms with Crippen molar-refractivity contribution in [1.29, 1.82) is 0 Å². The Kier molecular flexibility index (Phi) is 2.69. The Morgan fingerprint density at radius 1 is 1.11 bits per heavy atom. The normalized spacial score (nSPS) is 37.8. The van der Waals surface area contributed by atoms with Gasteiger partial charge < -0.3 is 5.32 Å². The molecule has 0 spiro atoms. The summed E-state index contributed by atoms with van der Waals surface area (Å²) in [5.41, 5.74) is 3.18. The van der Waals surface area contributed by atoms with Crippen LogP contribution in [0.1, 0.15) is 49.3 Å². The topological polar surface area (TPSA) is 12.0 Å². The molecule has 96 valence electrons. The van der Waals surface area contributed by atoms with Gasteiger partial charge in [-0.05, 0) is 67.5 Å². The lowest BCUT2D eigenvalue weighted by Crippen LogP contribution is -2.32. The highest BCUT2D eigenvalue weighted by molar-refractivity contribution is 5.32. The number of fused-ring (bicyclic) bond motifs is 3. The maximum atomic E-state index is 3.76. The molecule has 0 saturated heterocycles. The quantitative estimate of drug-likeness (QED) is 0.832. The van der Waals surface area contributed by atoms with Gasteiger partial charge in [0.2, 0.25) is 0 Å². The highest BCUT2D eigenvalue weighted by atomic mass is 14.9. The molecule has 0 radical (unpaired) electrons. The first kappa shape index (κ1) is 11.0. The third kappa shape index (κ3) is 1.80. The average molecular weight is 241 g/mol. The summed E-state index contributed by atoms with van der Waals surface area (Å²) in [6, 6.07) is 9.71. The van der Waals surface area contributed by atoms with E-state index in [1.165, 1.54) is 38.6 Å². The first-order chi connectivity index (χ1) is 8.90. The number of hydrogen-bond acceptors (Lipinski definition) is 1. The molecule has 1 heteroatoms. The van der Waals surface area contributed by atoms with Crippen LogP contribution in [0.15, 0.2) is 24.3 Å². The predicted molar refractivity (Wildman–Crippen MR) is 74.4 cm³/mol. The standard InChI is InChI=1S/C17H23N/c1-2-4-16-13(3-1)7-8-18-17(16)11-15-10-12-5-6-14(15)9-12/h1-4,12,14-15,17-18H,5-11H2. The third-order valence-electron chi connectivity index (χ3n) is 5.64. The van der Waals surface area contributed by atoms with Crippen molar-refractivity contribution in [3.63, 3.8) is 0 Å². The number of nitrogens with one attached hydrogen (secondary N) is 1. The molecule has 4 unspecified atom stereocenters. The molecule has 2 saturated carbocycles. The molecule has 0 amide bonds. The molecular formula is C17H23N. The fourth-order valence-corrected chi connectivity index (χ4v) is 4.77. The van der Waals surface area contributed by atoms with Gasteiger partial charge in [-0.1, -0.05) is 30.7 Å². The Bertz CT molecular complexity index is 439. The first-order valence-corrected chi connectivity index (χ1v) is 7.71. The van der Waals surface area contributed by atoms with Crippen LogP contribution in [-0.4, -0.2) is 6.54 Å². The van der Waals surface area contributed by atoms with Crippen LogP contribution in [0.3, 0.4) is 0 Å². The second-order valence-corrected chi connectivity index (χ2v) is 6.63. The highest BCUT2D eigenvalue weighted by Crippen LogP contribution is 2.51. The summed E-state index contributed by atoms with van der Waals surface area (Å²) in [4.78, 5) is 0. The Morgan fingerprint density at radius 3 is 2.89 bits per heavy atom. The largest absolute Gasteiger partial charge is 0.310 e. The van der Waals surface area contributed by atoms with E-state index in [1.54, 1.807) is 17.5 Å². The van der Waals surface area contributed by atoms with E-state index in [-0.39, 0.29) is 0 Å². The van der Waals surface area contributed by atoms with Crippen LogP contribution < -0.4 is 5.32 Å². The molecule has 4 rings (SSSR count). The van der Waals surface area contributed by atoms with Gasteiger partial charge >= 0.3 is 0 Å². The van der Waals surface area contributed by atoms with Crippen molar-refractivity contribution < 1.29 is 0 Å². The summed E-state index contributed by atoms with van der Waals surface area (Å²) >= 11 is 0. The Labute approximate surface area is 110 Å². The lowest BCUT2D eigenvalue weighted by molar-refractivity contribution is 0.275. The zero-order valence-corrected chi connectivity index (χ0v) is 11.1. The maximum absolute atomic E-state index is 3.76. The van der Waals surface area contributed by atoms with E-state index in [4.69, 9.17) is 0 Å². The van der Waals surface area contributed by atoms with Crippen LogP contribution in [0.4, 0.5) is 0 Å². The molecule has 2 fully saturated rings. The Morgan fingerprint density at radius 2 is 2.06 bits per heavy atom. The van der Waals surface area contributed by atoms with Crippen LogP contribution in [0, 0.1) is 17.8 Å². The van der Waals surface area contributed by atoms with Gasteiger partial charge in [0, 0.05) is 6.04 Å². The maximum Gasteiger partial charge on any atom is 0.0325 e. The van der Waals surface area contributed by atoms with Gasteiger partial charge in [0.05, 0.1) is 0 Å². The van der Waals surface area contributed by atoms with E-state index >= 15 is 0 Å². The van der Waals surface area contributed by atoms with E-state index in [0.717, 1.165) is 17.8 Å². The van der Waals surface area contributed by atoms with Gasteiger partial charge in [-0.3, -0.25) is 0 Å². The van der Waals surface area contributed by atoms with Crippen molar-refractivity contribution in [3.8, 4) is 0 Å². The van der Waals surface area contributed by atoms with Crippen molar-refractivity contribution in [2.45, 2.75) is 44.6 Å². The minimum absolute atomic E-state index is 0.638. The molecule has 0 aromatic heterocycles. The van der Waals surface area contributed by atoms with Gasteiger partial charge in [0.25, 0.3) is 0 Å². The van der Waals surface area contributed by atoms with Gasteiger partial charge in [0.15, 0.2) is 0 Å². The van der Waals surface area contributed by atoms with Crippen molar-refractivity contribution in [2.75, 3.05) is 6.54 Å². The molecule has 18 heavy (non-hydrogen) atoms. The average Bonchev–Trinajstić information content (AvgIpc) is 3.01. The fourth-order valence-electron chi connectivity index (χ4n) is 4.77. The Balaban J connectivity index is 1.53. The van der Waals surface area contributed by atoms with Gasteiger partial charge in [-0.2, -0.15) is 0 Å². The molecule has 2 bridgehead atoms. The van der Waals surface area contributed by atoms with E-state index < -0.39 is 0 Å². The van der Waals surface area contributed by atoms with E-state index in [0.29, 0.717) is 6.04 Å². The molecule has 1 N–H and O–H groups in total. The molecule has 3 aliphatic rings. The van der Waals surface area contributed by atoms with E-state index in [1.807, 2.05) is 0 Å². The zero-order valence-electron chi connectivity index (χ0n) is 11.1. The van der Waals surface area contributed by atoms with Gasteiger partial charge in [-0.25, -0.2) is 0 Å². The summed E-state index contributed by atoms with van der Waals surface area (Å²) in [6.07, 6.45) is 8.70. The van der Waals surface area contributed by atoms with Gasteiger partial charge in [0.1, 0.15) is 0 Å². The molecule has 1 aromatic rings. The molecule has 1 heterocycles. The third-order valence-corrected chi connectivity index (χ3v) is 5.64. The molecule has 1 nitrogen and oxygen atoms in total. The van der Waals surface area contributed by atoms with Crippen LogP contribution in [0.5, 0.6) is 0 Å². The fraction of sp³-hybridized carbons (Fsp3) is 0.647. The lowest BCUT2D eigenvalue weighted by Gasteiger charge is -2.31. The zero-order chi connectivity index (χ0) is 11.9. The summed E-state index contributed by atoms with van der Waals surface area (Å²) in [6.45, 7) is 1.17. The predicted octanol–water partition coefficient (Wildman–Crippen LogP) is 3.70. The van der Waals surface area contributed by atoms with E-state index in [2.05, 4.69) is 29.6 Å². The summed E-state index contributed by atoms with van der Waals surface area (Å²) < 4.78 is 0.